The molecule has 1 saturated heterocycles. The number of likely N-dealkylation sites (tertiary alicyclic amines) is 1. The van der Waals surface area contributed by atoms with E-state index in [4.69, 9.17) is 9.88 Å². The number of hydrogen-bond acceptors (Lipinski definition) is 5. The Morgan fingerprint density at radius 3 is 2.29 bits per heavy atom. The van der Waals surface area contributed by atoms with Crippen molar-refractivity contribution in [2.45, 2.75) is 75.8 Å². The number of nitrogens with one attached hydrogen (secondary N) is 1. The summed E-state index contributed by atoms with van der Waals surface area (Å²) in [6, 6.07) is 0.0313. The number of carbonyl (C=O) groups excluding carboxylic acids is 2. The van der Waals surface area contributed by atoms with Gasteiger partial charge in [0.1, 0.15) is 10.9 Å². The zero-order valence-corrected chi connectivity index (χ0v) is 15.3. The first-order chi connectivity index (χ1) is 11.0. The molecular weight excluding hydrogens is 334 g/mol. The molecule has 2 amide bonds. The molecule has 0 aromatic carbocycles. The van der Waals surface area contributed by atoms with Gasteiger partial charge in [0, 0.05) is 25.0 Å². The van der Waals surface area contributed by atoms with E-state index in [1.54, 1.807) is 4.90 Å². The zero-order valence-electron chi connectivity index (χ0n) is 14.4. The van der Waals surface area contributed by atoms with E-state index in [9.17, 15) is 18.0 Å². The molecule has 1 heterocycles. The lowest BCUT2D eigenvalue weighted by molar-refractivity contribution is -0.130. The Bertz CT molecular complexity index is 591. The third-order valence-corrected chi connectivity index (χ3v) is 5.69. The van der Waals surface area contributed by atoms with Crippen molar-refractivity contribution in [2.24, 2.45) is 5.14 Å². The largest absolute Gasteiger partial charge is 0.444 e. The van der Waals surface area contributed by atoms with Crippen LogP contribution in [0.15, 0.2) is 0 Å². The first-order valence-electron chi connectivity index (χ1n) is 8.26. The molecule has 138 valence electrons. The quantitative estimate of drug-likeness (QED) is 0.767. The number of sulfonamides is 1. The maximum absolute atomic E-state index is 12.1. The first kappa shape index (κ1) is 19.0. The molecule has 2 fully saturated rings. The van der Waals surface area contributed by atoms with Gasteiger partial charge in [-0.1, -0.05) is 0 Å². The van der Waals surface area contributed by atoms with Crippen molar-refractivity contribution in [3.8, 4) is 0 Å². The van der Waals surface area contributed by atoms with Crippen LogP contribution in [-0.4, -0.2) is 54.8 Å². The molecule has 24 heavy (non-hydrogen) atoms. The van der Waals surface area contributed by atoms with Gasteiger partial charge in [0.15, 0.2) is 0 Å². The summed E-state index contributed by atoms with van der Waals surface area (Å²) in [5.74, 6) is -0.155. The molecule has 8 nitrogen and oxygen atoms in total. The number of rotatable bonds is 3. The number of carbonyl (C=O) groups is 2. The highest BCUT2D eigenvalue weighted by atomic mass is 32.2. The highest BCUT2D eigenvalue weighted by Crippen LogP contribution is 2.28. The maximum atomic E-state index is 12.1. The molecule has 0 aromatic rings. The molecule has 2 aliphatic rings. The summed E-state index contributed by atoms with van der Waals surface area (Å²) in [5, 5.41) is 7.20. The van der Waals surface area contributed by atoms with Gasteiger partial charge in [-0.25, -0.2) is 18.4 Å². The topological polar surface area (TPSA) is 119 Å². The highest BCUT2D eigenvalue weighted by Gasteiger charge is 2.40. The molecular formula is C15H27N3O5S. The Morgan fingerprint density at radius 2 is 1.83 bits per heavy atom. The average molecular weight is 361 g/mol. The predicted molar refractivity (Wildman–Crippen MR) is 88.6 cm³/mol. The standard InChI is InChI=1S/C15H27N3O5S/c1-15(2,3)23-14(20)17-10-4-6-11(7-5-10)18-9-12(8-13(18)19)24(16,21)22/h10-12H,4-9H2,1-3H3,(H,17,20)(H2,16,21,22). The molecule has 3 N–H and O–H groups in total. The van der Waals surface area contributed by atoms with Crippen molar-refractivity contribution in [1.29, 1.82) is 0 Å². The lowest BCUT2D eigenvalue weighted by Gasteiger charge is -2.35. The Morgan fingerprint density at radius 1 is 1.25 bits per heavy atom. The van der Waals surface area contributed by atoms with Crippen molar-refractivity contribution in [3.05, 3.63) is 0 Å². The second-order valence-corrected chi connectivity index (χ2v) is 9.46. The van der Waals surface area contributed by atoms with Crippen LogP contribution in [0.4, 0.5) is 4.79 Å². The second kappa shape index (κ2) is 6.87. The molecule has 0 spiro atoms. The Balaban J connectivity index is 1.83. The van der Waals surface area contributed by atoms with Gasteiger partial charge >= 0.3 is 6.09 Å². The van der Waals surface area contributed by atoms with Crippen LogP contribution >= 0.6 is 0 Å². The van der Waals surface area contributed by atoms with Crippen molar-refractivity contribution in [1.82, 2.24) is 10.2 Å². The van der Waals surface area contributed by atoms with Gasteiger partial charge in [-0.2, -0.15) is 0 Å². The van der Waals surface area contributed by atoms with Crippen LogP contribution in [-0.2, 0) is 19.6 Å². The van der Waals surface area contributed by atoms with Gasteiger partial charge in [-0.15, -0.1) is 0 Å². The monoisotopic (exact) mass is 361 g/mol. The minimum atomic E-state index is -3.69. The van der Waals surface area contributed by atoms with E-state index < -0.39 is 27.0 Å². The Kier molecular flexibility index (Phi) is 5.44. The molecule has 1 aliphatic heterocycles. The number of nitrogens with zero attached hydrogens (tertiary/aromatic N) is 1. The molecule has 9 heteroatoms. The summed E-state index contributed by atoms with van der Waals surface area (Å²) in [6.07, 6.45) is 2.45. The van der Waals surface area contributed by atoms with E-state index in [0.717, 1.165) is 25.7 Å². The van der Waals surface area contributed by atoms with Crippen molar-refractivity contribution < 1.29 is 22.7 Å². The van der Waals surface area contributed by atoms with E-state index in [1.807, 2.05) is 20.8 Å². The molecule has 1 atom stereocenters. The third kappa shape index (κ3) is 5.07. The average Bonchev–Trinajstić information content (AvgIpc) is 2.79. The van der Waals surface area contributed by atoms with Gasteiger partial charge in [-0.05, 0) is 46.5 Å². The van der Waals surface area contributed by atoms with Crippen LogP contribution in [0.2, 0.25) is 0 Å². The number of primary sulfonamides is 1. The lowest BCUT2D eigenvalue weighted by atomic mass is 9.90. The van der Waals surface area contributed by atoms with E-state index in [0.29, 0.717) is 0 Å². The summed E-state index contributed by atoms with van der Waals surface area (Å²) in [5.41, 5.74) is -0.536. The number of nitrogens with two attached hydrogens (primary N) is 1. The summed E-state index contributed by atoms with van der Waals surface area (Å²) in [6.45, 7) is 5.60. The molecule has 1 unspecified atom stereocenters. The fourth-order valence-electron chi connectivity index (χ4n) is 3.28. The van der Waals surface area contributed by atoms with Gasteiger partial charge in [0.2, 0.25) is 15.9 Å². The van der Waals surface area contributed by atoms with E-state index in [-0.39, 0.29) is 31.0 Å². The smallest absolute Gasteiger partial charge is 0.407 e. The van der Waals surface area contributed by atoms with E-state index >= 15 is 0 Å². The summed E-state index contributed by atoms with van der Waals surface area (Å²) < 4.78 is 28.1. The van der Waals surface area contributed by atoms with Gasteiger partial charge in [0.05, 0.1) is 0 Å². The minimum absolute atomic E-state index is 0.0148. The predicted octanol–water partition coefficient (Wildman–Crippen LogP) is 0.712. The van der Waals surface area contributed by atoms with Crippen molar-refractivity contribution in [3.63, 3.8) is 0 Å². The number of hydrogen-bond donors (Lipinski definition) is 2. The second-order valence-electron chi connectivity index (χ2n) is 7.61. The summed E-state index contributed by atoms with van der Waals surface area (Å²) >= 11 is 0. The summed E-state index contributed by atoms with van der Waals surface area (Å²) in [4.78, 5) is 25.5. The van der Waals surface area contributed by atoms with Crippen LogP contribution in [0.1, 0.15) is 52.9 Å². The molecule has 0 aromatic heterocycles. The SMILES string of the molecule is CC(C)(C)OC(=O)NC1CCC(N2CC(S(N)(=O)=O)CC2=O)CC1. The van der Waals surface area contributed by atoms with Crippen LogP contribution in [0.25, 0.3) is 0 Å². The van der Waals surface area contributed by atoms with E-state index in [2.05, 4.69) is 5.32 Å². The van der Waals surface area contributed by atoms with Crippen LogP contribution in [0.3, 0.4) is 0 Å². The van der Waals surface area contributed by atoms with Crippen LogP contribution < -0.4 is 10.5 Å². The minimum Gasteiger partial charge on any atom is -0.444 e. The molecule has 2 rings (SSSR count). The lowest BCUT2D eigenvalue weighted by Crippen LogP contribution is -2.46. The maximum Gasteiger partial charge on any atom is 0.407 e. The Labute approximate surface area is 143 Å². The summed E-state index contributed by atoms with van der Waals surface area (Å²) in [7, 11) is -3.69. The van der Waals surface area contributed by atoms with Gasteiger partial charge in [0.25, 0.3) is 0 Å². The number of amides is 2. The Hall–Kier alpha value is -1.35. The van der Waals surface area contributed by atoms with Crippen LogP contribution in [0.5, 0.6) is 0 Å². The fourth-order valence-corrected chi connectivity index (χ4v) is 4.02. The normalized spacial score (nSPS) is 28.8. The molecule has 0 radical (unpaired) electrons. The molecule has 0 bridgehead atoms. The third-order valence-electron chi connectivity index (χ3n) is 4.45. The van der Waals surface area contributed by atoms with E-state index in [1.165, 1.54) is 0 Å². The highest BCUT2D eigenvalue weighted by molar-refractivity contribution is 7.89. The zero-order chi connectivity index (χ0) is 18.1. The van der Waals surface area contributed by atoms with Gasteiger partial charge in [-0.3, -0.25) is 4.79 Å². The van der Waals surface area contributed by atoms with Gasteiger partial charge < -0.3 is 15.0 Å². The van der Waals surface area contributed by atoms with Crippen molar-refractivity contribution in [2.75, 3.05) is 6.54 Å². The van der Waals surface area contributed by atoms with Crippen molar-refractivity contribution >= 4 is 22.0 Å². The number of alkyl carbamates (subject to hydrolysis) is 1. The number of ether oxygens (including phenoxy) is 1. The molecule has 1 aliphatic carbocycles. The first-order valence-corrected chi connectivity index (χ1v) is 9.87. The van der Waals surface area contributed by atoms with Crippen LogP contribution in [0, 0.1) is 0 Å². The fraction of sp³-hybridized carbons (Fsp3) is 0.867. The molecule has 1 saturated carbocycles.